The number of aromatic nitrogens is 2. The molecule has 1 saturated heterocycles. The number of rotatable bonds is 4. The highest BCUT2D eigenvalue weighted by Gasteiger charge is 2.23. The molecule has 0 spiro atoms. The highest BCUT2D eigenvalue weighted by Crippen LogP contribution is 2.12. The number of nitrogens with zero attached hydrogens (tertiary/aromatic N) is 4. The maximum Gasteiger partial charge on any atom is 0.332 e. The SMILES string of the molecule is CCOCC(=O)N1CCN(c2cc(=O)n(C)c(=O)n2C)CC1. The Bertz CT molecular complexity index is 656. The molecule has 22 heavy (non-hydrogen) atoms. The van der Waals surface area contributed by atoms with Crippen molar-refractivity contribution < 1.29 is 9.53 Å². The molecule has 1 aromatic heterocycles. The number of hydrogen-bond acceptors (Lipinski definition) is 5. The molecule has 1 fully saturated rings. The lowest BCUT2D eigenvalue weighted by Gasteiger charge is -2.36. The Kier molecular flexibility index (Phi) is 5.02. The Labute approximate surface area is 128 Å². The largest absolute Gasteiger partial charge is 0.372 e. The van der Waals surface area contributed by atoms with Gasteiger partial charge in [0.05, 0.1) is 0 Å². The molecule has 0 atom stereocenters. The molecule has 0 aromatic carbocycles. The van der Waals surface area contributed by atoms with Gasteiger partial charge in [-0.2, -0.15) is 0 Å². The number of carbonyl (C=O) groups excluding carboxylic acids is 1. The van der Waals surface area contributed by atoms with E-state index in [0.29, 0.717) is 38.6 Å². The van der Waals surface area contributed by atoms with Crippen molar-refractivity contribution in [3.05, 3.63) is 26.9 Å². The van der Waals surface area contributed by atoms with Gasteiger partial charge in [0.2, 0.25) is 5.91 Å². The standard InChI is InChI=1S/C14H22N4O4/c1-4-22-10-13(20)18-7-5-17(6-8-18)11-9-12(19)16(3)14(21)15(11)2/h9H,4-8,10H2,1-3H3. The minimum Gasteiger partial charge on any atom is -0.372 e. The summed E-state index contributed by atoms with van der Waals surface area (Å²) in [6.07, 6.45) is 0. The third kappa shape index (κ3) is 3.22. The molecule has 0 radical (unpaired) electrons. The highest BCUT2D eigenvalue weighted by molar-refractivity contribution is 5.77. The summed E-state index contributed by atoms with van der Waals surface area (Å²) in [4.78, 5) is 39.3. The molecule has 8 heteroatoms. The van der Waals surface area contributed by atoms with Crippen molar-refractivity contribution >= 4 is 11.7 Å². The number of amides is 1. The molecule has 1 aliphatic heterocycles. The van der Waals surface area contributed by atoms with Gasteiger partial charge < -0.3 is 14.5 Å². The molecule has 0 N–H and O–H groups in total. The summed E-state index contributed by atoms with van der Waals surface area (Å²) in [6.45, 7) is 4.73. The first-order valence-corrected chi connectivity index (χ1v) is 7.33. The Morgan fingerprint density at radius 1 is 1.14 bits per heavy atom. The normalized spacial score (nSPS) is 15.2. The van der Waals surface area contributed by atoms with Crippen LogP contribution in [0, 0.1) is 0 Å². The molecule has 0 saturated carbocycles. The number of carbonyl (C=O) groups is 1. The zero-order valence-corrected chi connectivity index (χ0v) is 13.2. The molecule has 0 bridgehead atoms. The van der Waals surface area contributed by atoms with Gasteiger partial charge in [-0.1, -0.05) is 0 Å². The first-order chi connectivity index (χ1) is 10.5. The van der Waals surface area contributed by atoms with Crippen LogP contribution < -0.4 is 16.1 Å². The van der Waals surface area contributed by atoms with Gasteiger partial charge >= 0.3 is 5.69 Å². The van der Waals surface area contributed by atoms with Gasteiger partial charge in [0.1, 0.15) is 12.4 Å². The van der Waals surface area contributed by atoms with Crippen molar-refractivity contribution in [1.29, 1.82) is 0 Å². The van der Waals surface area contributed by atoms with Gasteiger partial charge in [-0.25, -0.2) is 4.79 Å². The molecule has 2 heterocycles. The average molecular weight is 310 g/mol. The van der Waals surface area contributed by atoms with Crippen molar-refractivity contribution in [2.24, 2.45) is 14.1 Å². The van der Waals surface area contributed by atoms with E-state index in [9.17, 15) is 14.4 Å². The van der Waals surface area contributed by atoms with Gasteiger partial charge in [-0.05, 0) is 6.92 Å². The summed E-state index contributed by atoms with van der Waals surface area (Å²) < 4.78 is 7.66. The van der Waals surface area contributed by atoms with Crippen LogP contribution in [0.2, 0.25) is 0 Å². The Balaban J connectivity index is 2.08. The van der Waals surface area contributed by atoms with Gasteiger partial charge in [0, 0.05) is 52.9 Å². The Morgan fingerprint density at radius 2 is 1.77 bits per heavy atom. The number of hydrogen-bond donors (Lipinski definition) is 0. The summed E-state index contributed by atoms with van der Waals surface area (Å²) in [5.41, 5.74) is -0.676. The fourth-order valence-electron chi connectivity index (χ4n) is 2.49. The maximum atomic E-state index is 12.0. The minimum absolute atomic E-state index is 0.0284. The Morgan fingerprint density at radius 3 is 2.36 bits per heavy atom. The zero-order chi connectivity index (χ0) is 16.3. The van der Waals surface area contributed by atoms with Gasteiger partial charge in [0.15, 0.2) is 0 Å². The van der Waals surface area contributed by atoms with Crippen LogP contribution >= 0.6 is 0 Å². The lowest BCUT2D eigenvalue weighted by atomic mass is 10.3. The lowest BCUT2D eigenvalue weighted by Crippen LogP contribution is -2.51. The van der Waals surface area contributed by atoms with E-state index in [0.717, 1.165) is 4.57 Å². The molecule has 1 aliphatic rings. The van der Waals surface area contributed by atoms with E-state index in [-0.39, 0.29) is 23.8 Å². The molecular formula is C14H22N4O4. The molecule has 2 rings (SSSR count). The van der Waals surface area contributed by atoms with Crippen molar-refractivity contribution in [3.8, 4) is 0 Å². The van der Waals surface area contributed by atoms with Crippen LogP contribution in [0.25, 0.3) is 0 Å². The first kappa shape index (κ1) is 16.3. The van der Waals surface area contributed by atoms with E-state index in [4.69, 9.17) is 4.74 Å². The van der Waals surface area contributed by atoms with E-state index in [2.05, 4.69) is 0 Å². The topological polar surface area (TPSA) is 76.8 Å². The molecule has 0 unspecified atom stereocenters. The van der Waals surface area contributed by atoms with Crippen LogP contribution in [0.5, 0.6) is 0 Å². The third-order valence-electron chi connectivity index (χ3n) is 3.89. The lowest BCUT2D eigenvalue weighted by molar-refractivity contribution is -0.136. The minimum atomic E-state index is -0.350. The summed E-state index contributed by atoms with van der Waals surface area (Å²) in [5.74, 6) is 0.560. The summed E-state index contributed by atoms with van der Waals surface area (Å²) >= 11 is 0. The van der Waals surface area contributed by atoms with E-state index in [1.165, 1.54) is 17.7 Å². The average Bonchev–Trinajstić information content (AvgIpc) is 2.54. The van der Waals surface area contributed by atoms with Crippen LogP contribution in [-0.2, 0) is 23.6 Å². The number of anilines is 1. The summed E-state index contributed by atoms with van der Waals surface area (Å²) in [5, 5.41) is 0. The van der Waals surface area contributed by atoms with Crippen LogP contribution in [-0.4, -0.2) is 59.3 Å². The summed E-state index contributed by atoms with van der Waals surface area (Å²) in [6, 6.07) is 1.46. The van der Waals surface area contributed by atoms with Crippen LogP contribution in [0.15, 0.2) is 15.7 Å². The smallest absolute Gasteiger partial charge is 0.332 e. The second-order valence-electron chi connectivity index (χ2n) is 5.25. The van der Waals surface area contributed by atoms with E-state index in [1.54, 1.807) is 11.9 Å². The van der Waals surface area contributed by atoms with Gasteiger partial charge in [-0.3, -0.25) is 18.7 Å². The molecule has 122 valence electrons. The number of ether oxygens (including phenoxy) is 1. The van der Waals surface area contributed by atoms with Crippen molar-refractivity contribution in [1.82, 2.24) is 14.0 Å². The fourth-order valence-corrected chi connectivity index (χ4v) is 2.49. The second-order valence-corrected chi connectivity index (χ2v) is 5.25. The monoisotopic (exact) mass is 310 g/mol. The van der Waals surface area contributed by atoms with Crippen LogP contribution in [0.4, 0.5) is 5.82 Å². The Hall–Kier alpha value is -2.09. The molecule has 1 aromatic rings. The molecule has 0 aliphatic carbocycles. The van der Waals surface area contributed by atoms with Crippen molar-refractivity contribution in [2.45, 2.75) is 6.92 Å². The molecular weight excluding hydrogens is 288 g/mol. The first-order valence-electron chi connectivity index (χ1n) is 7.33. The van der Waals surface area contributed by atoms with Crippen LogP contribution in [0.3, 0.4) is 0 Å². The van der Waals surface area contributed by atoms with Crippen molar-refractivity contribution in [2.75, 3.05) is 44.3 Å². The maximum absolute atomic E-state index is 12.0. The zero-order valence-electron chi connectivity index (χ0n) is 13.2. The molecule has 8 nitrogen and oxygen atoms in total. The number of piperazine rings is 1. The quantitative estimate of drug-likeness (QED) is 0.696. The molecule has 1 amide bonds. The fraction of sp³-hybridized carbons (Fsp3) is 0.643. The third-order valence-corrected chi connectivity index (χ3v) is 3.89. The predicted octanol–water partition coefficient (Wildman–Crippen LogP) is -1.23. The van der Waals surface area contributed by atoms with E-state index < -0.39 is 0 Å². The van der Waals surface area contributed by atoms with E-state index >= 15 is 0 Å². The van der Waals surface area contributed by atoms with Crippen molar-refractivity contribution in [3.63, 3.8) is 0 Å². The summed E-state index contributed by atoms with van der Waals surface area (Å²) in [7, 11) is 3.10. The van der Waals surface area contributed by atoms with Gasteiger partial charge in [0.25, 0.3) is 5.56 Å². The van der Waals surface area contributed by atoms with Crippen LogP contribution in [0.1, 0.15) is 6.92 Å². The highest BCUT2D eigenvalue weighted by atomic mass is 16.5. The second kappa shape index (κ2) is 6.78. The predicted molar refractivity (Wildman–Crippen MR) is 82.2 cm³/mol. The van der Waals surface area contributed by atoms with Gasteiger partial charge in [-0.15, -0.1) is 0 Å². The van der Waals surface area contributed by atoms with E-state index in [1.807, 2.05) is 11.8 Å².